The van der Waals surface area contributed by atoms with Gasteiger partial charge in [0.2, 0.25) is 0 Å². The summed E-state index contributed by atoms with van der Waals surface area (Å²) in [6, 6.07) is 17.5. The van der Waals surface area contributed by atoms with Crippen LogP contribution in [0.15, 0.2) is 65.6 Å². The minimum atomic E-state index is -3.73. The van der Waals surface area contributed by atoms with Crippen molar-refractivity contribution in [2.45, 2.75) is 4.90 Å². The molecule has 124 valence electrons. The predicted molar refractivity (Wildman–Crippen MR) is 94.3 cm³/mol. The lowest BCUT2D eigenvalue weighted by Crippen LogP contribution is -2.13. The van der Waals surface area contributed by atoms with Crippen molar-refractivity contribution in [3.63, 3.8) is 0 Å². The number of methoxy groups -OCH3 is 2. The number of rotatable bonds is 5. The molecule has 1 N–H and O–H groups in total. The Labute approximate surface area is 140 Å². The number of hydrogen-bond acceptors (Lipinski definition) is 4. The van der Waals surface area contributed by atoms with Gasteiger partial charge in [-0.1, -0.05) is 30.3 Å². The minimum Gasteiger partial charge on any atom is -0.497 e. The van der Waals surface area contributed by atoms with Gasteiger partial charge in [0.25, 0.3) is 10.0 Å². The predicted octanol–water partition coefficient (Wildman–Crippen LogP) is 3.66. The molecule has 24 heavy (non-hydrogen) atoms. The van der Waals surface area contributed by atoms with E-state index >= 15 is 0 Å². The van der Waals surface area contributed by atoms with Gasteiger partial charge in [-0.15, -0.1) is 0 Å². The summed E-state index contributed by atoms with van der Waals surface area (Å²) in [7, 11) is -0.718. The van der Waals surface area contributed by atoms with E-state index in [2.05, 4.69) is 4.72 Å². The lowest BCUT2D eigenvalue weighted by Gasteiger charge is -2.13. The molecule has 0 saturated carbocycles. The topological polar surface area (TPSA) is 64.6 Å². The molecule has 0 amide bonds. The lowest BCUT2D eigenvalue weighted by molar-refractivity contribution is 0.395. The molecule has 0 aliphatic heterocycles. The summed E-state index contributed by atoms with van der Waals surface area (Å²) < 4.78 is 38.3. The van der Waals surface area contributed by atoms with Gasteiger partial charge in [0.05, 0.1) is 24.8 Å². The van der Waals surface area contributed by atoms with E-state index in [-0.39, 0.29) is 4.90 Å². The zero-order chi connectivity index (χ0) is 17.2. The van der Waals surface area contributed by atoms with Crippen molar-refractivity contribution in [3.8, 4) is 11.5 Å². The van der Waals surface area contributed by atoms with E-state index in [0.29, 0.717) is 17.2 Å². The van der Waals surface area contributed by atoms with Crippen molar-refractivity contribution < 1.29 is 17.9 Å². The second-order valence-corrected chi connectivity index (χ2v) is 6.86. The van der Waals surface area contributed by atoms with Crippen LogP contribution in [0.1, 0.15) is 0 Å². The first-order valence-corrected chi connectivity index (χ1v) is 8.75. The molecule has 5 nitrogen and oxygen atoms in total. The zero-order valence-electron chi connectivity index (χ0n) is 13.3. The number of fused-ring (bicyclic) bond motifs is 1. The number of benzene rings is 3. The SMILES string of the molecule is COc1ccc(NS(=O)(=O)c2ccc3ccccc3c2)c(OC)c1. The Morgan fingerprint density at radius 3 is 2.29 bits per heavy atom. The van der Waals surface area contributed by atoms with E-state index in [1.807, 2.05) is 24.3 Å². The molecule has 0 spiro atoms. The van der Waals surface area contributed by atoms with Gasteiger partial charge >= 0.3 is 0 Å². The fraction of sp³-hybridized carbons (Fsp3) is 0.111. The van der Waals surface area contributed by atoms with Crippen LogP contribution in [0.2, 0.25) is 0 Å². The number of sulfonamides is 1. The molecule has 3 aromatic rings. The first-order valence-electron chi connectivity index (χ1n) is 7.27. The highest BCUT2D eigenvalue weighted by Crippen LogP contribution is 2.31. The fourth-order valence-electron chi connectivity index (χ4n) is 2.42. The van der Waals surface area contributed by atoms with Gasteiger partial charge in [0.1, 0.15) is 11.5 Å². The van der Waals surface area contributed by atoms with Crippen LogP contribution in [0, 0.1) is 0 Å². The van der Waals surface area contributed by atoms with Crippen LogP contribution in [-0.2, 0) is 10.0 Å². The first-order chi connectivity index (χ1) is 11.5. The Hall–Kier alpha value is -2.73. The Balaban J connectivity index is 1.98. The highest BCUT2D eigenvalue weighted by atomic mass is 32.2. The maximum Gasteiger partial charge on any atom is 0.262 e. The molecule has 0 unspecified atom stereocenters. The molecule has 6 heteroatoms. The van der Waals surface area contributed by atoms with Crippen molar-refractivity contribution in [1.29, 1.82) is 0 Å². The van der Waals surface area contributed by atoms with E-state index in [1.54, 1.807) is 36.4 Å². The molecule has 3 aromatic carbocycles. The molecule has 0 atom stereocenters. The van der Waals surface area contributed by atoms with E-state index in [1.165, 1.54) is 14.2 Å². The van der Waals surface area contributed by atoms with Gasteiger partial charge in [-0.25, -0.2) is 8.42 Å². The summed E-state index contributed by atoms with van der Waals surface area (Å²) in [5.74, 6) is 0.971. The van der Waals surface area contributed by atoms with E-state index in [9.17, 15) is 8.42 Å². The van der Waals surface area contributed by atoms with Gasteiger partial charge in [-0.2, -0.15) is 0 Å². The molecule has 0 bridgehead atoms. The molecule has 0 aliphatic rings. The van der Waals surface area contributed by atoms with Crippen LogP contribution < -0.4 is 14.2 Å². The summed E-state index contributed by atoms with van der Waals surface area (Å²) in [5.41, 5.74) is 0.353. The van der Waals surface area contributed by atoms with Crippen LogP contribution in [-0.4, -0.2) is 22.6 Å². The second-order valence-electron chi connectivity index (χ2n) is 5.18. The van der Waals surface area contributed by atoms with Crippen molar-refractivity contribution >= 4 is 26.5 Å². The molecule has 0 aromatic heterocycles. The van der Waals surface area contributed by atoms with Crippen molar-refractivity contribution in [3.05, 3.63) is 60.7 Å². The van der Waals surface area contributed by atoms with Gasteiger partial charge in [0.15, 0.2) is 0 Å². The van der Waals surface area contributed by atoms with Crippen LogP contribution in [0.3, 0.4) is 0 Å². The standard InChI is InChI=1S/C18H17NO4S/c1-22-15-8-10-17(18(12-15)23-2)19-24(20,21)16-9-7-13-5-3-4-6-14(13)11-16/h3-12,19H,1-2H3. The van der Waals surface area contributed by atoms with Crippen LogP contribution in [0.25, 0.3) is 10.8 Å². The quantitative estimate of drug-likeness (QED) is 0.768. The van der Waals surface area contributed by atoms with E-state index in [0.717, 1.165) is 10.8 Å². The highest BCUT2D eigenvalue weighted by molar-refractivity contribution is 7.92. The fourth-order valence-corrected chi connectivity index (χ4v) is 3.53. The summed E-state index contributed by atoms with van der Waals surface area (Å²) in [6.45, 7) is 0. The summed E-state index contributed by atoms with van der Waals surface area (Å²) in [4.78, 5) is 0.194. The smallest absolute Gasteiger partial charge is 0.262 e. The minimum absolute atomic E-state index is 0.194. The van der Waals surface area contributed by atoms with Crippen LogP contribution in [0.5, 0.6) is 11.5 Å². The first kappa shape index (κ1) is 16.1. The molecule has 0 aliphatic carbocycles. The Bertz CT molecular complexity index is 983. The van der Waals surface area contributed by atoms with Crippen LogP contribution in [0.4, 0.5) is 5.69 Å². The lowest BCUT2D eigenvalue weighted by atomic mass is 10.1. The Morgan fingerprint density at radius 2 is 1.58 bits per heavy atom. The molecular formula is C18H17NO4S. The molecule has 3 rings (SSSR count). The number of hydrogen-bond donors (Lipinski definition) is 1. The molecular weight excluding hydrogens is 326 g/mol. The molecule has 0 fully saturated rings. The third-order valence-electron chi connectivity index (χ3n) is 3.68. The van der Waals surface area contributed by atoms with Gasteiger partial charge in [-0.3, -0.25) is 4.72 Å². The number of nitrogens with one attached hydrogen (secondary N) is 1. The average Bonchev–Trinajstić information content (AvgIpc) is 2.61. The molecule has 0 saturated heterocycles. The Morgan fingerprint density at radius 1 is 0.833 bits per heavy atom. The van der Waals surface area contributed by atoms with Gasteiger partial charge in [0, 0.05) is 6.07 Å². The van der Waals surface area contributed by atoms with Crippen molar-refractivity contribution in [1.82, 2.24) is 0 Å². The second kappa shape index (κ2) is 6.41. The average molecular weight is 343 g/mol. The van der Waals surface area contributed by atoms with E-state index < -0.39 is 10.0 Å². The van der Waals surface area contributed by atoms with Crippen molar-refractivity contribution in [2.24, 2.45) is 0 Å². The summed E-state index contributed by atoms with van der Waals surface area (Å²) in [5, 5.41) is 1.85. The van der Waals surface area contributed by atoms with Crippen LogP contribution >= 0.6 is 0 Å². The zero-order valence-corrected chi connectivity index (χ0v) is 14.1. The number of anilines is 1. The van der Waals surface area contributed by atoms with Crippen molar-refractivity contribution in [2.75, 3.05) is 18.9 Å². The maximum absolute atomic E-state index is 12.7. The Kier molecular flexibility index (Phi) is 4.31. The monoisotopic (exact) mass is 343 g/mol. The third-order valence-corrected chi connectivity index (χ3v) is 5.05. The molecule has 0 heterocycles. The number of ether oxygens (including phenoxy) is 2. The van der Waals surface area contributed by atoms with E-state index in [4.69, 9.17) is 9.47 Å². The summed E-state index contributed by atoms with van der Waals surface area (Å²) >= 11 is 0. The van der Waals surface area contributed by atoms with Gasteiger partial charge < -0.3 is 9.47 Å². The normalized spacial score (nSPS) is 11.2. The van der Waals surface area contributed by atoms with Gasteiger partial charge in [-0.05, 0) is 35.0 Å². The maximum atomic E-state index is 12.7. The highest BCUT2D eigenvalue weighted by Gasteiger charge is 2.17. The third kappa shape index (κ3) is 3.14. The molecule has 0 radical (unpaired) electrons. The largest absolute Gasteiger partial charge is 0.497 e. The summed E-state index contributed by atoms with van der Waals surface area (Å²) in [6.07, 6.45) is 0.